The molecule has 6 nitrogen and oxygen atoms in total. The van der Waals surface area contributed by atoms with Crippen molar-refractivity contribution in [1.29, 1.82) is 0 Å². The molecule has 1 aromatic carbocycles. The van der Waals surface area contributed by atoms with E-state index in [0.717, 1.165) is 5.56 Å². The van der Waals surface area contributed by atoms with Gasteiger partial charge in [-0.3, -0.25) is 9.59 Å². The topological polar surface area (TPSA) is 83.9 Å². The van der Waals surface area contributed by atoms with Crippen LogP contribution in [0.2, 0.25) is 0 Å². The van der Waals surface area contributed by atoms with E-state index in [4.69, 9.17) is 4.74 Å². The highest BCUT2D eigenvalue weighted by atomic mass is 32.2. The number of benzene rings is 1. The normalized spacial score (nSPS) is 26.7. The molecule has 0 radical (unpaired) electrons. The van der Waals surface area contributed by atoms with E-state index in [9.17, 15) is 19.5 Å². The number of ketones is 1. The summed E-state index contributed by atoms with van der Waals surface area (Å²) in [6.07, 6.45) is 0.0302. The SMILES string of the molecule is C=CCOC(=O)[C@@H]1N2C(=O)[C@@H]([C@H](O)C(=O)c3ccc(C)cc3)[C@H]2SC1(C)C. The highest BCUT2D eigenvalue weighted by Crippen LogP contribution is 2.54. The zero-order valence-corrected chi connectivity index (χ0v) is 16.4. The Labute approximate surface area is 162 Å². The van der Waals surface area contributed by atoms with Gasteiger partial charge in [0.05, 0.1) is 5.37 Å². The van der Waals surface area contributed by atoms with Crippen LogP contribution < -0.4 is 0 Å². The third-order valence-electron chi connectivity index (χ3n) is 4.99. The fourth-order valence-corrected chi connectivity index (χ4v) is 5.30. The number of β-lactam (4-membered cyclic amide) rings is 1. The zero-order valence-electron chi connectivity index (χ0n) is 15.5. The number of amides is 1. The summed E-state index contributed by atoms with van der Waals surface area (Å²) in [7, 11) is 0. The van der Waals surface area contributed by atoms with Gasteiger partial charge < -0.3 is 14.7 Å². The zero-order chi connectivity index (χ0) is 19.9. The number of nitrogens with zero attached hydrogens (tertiary/aromatic N) is 1. The van der Waals surface area contributed by atoms with Crippen molar-refractivity contribution in [3.8, 4) is 0 Å². The summed E-state index contributed by atoms with van der Waals surface area (Å²) in [5.41, 5.74) is 1.37. The number of hydrogen-bond acceptors (Lipinski definition) is 6. The van der Waals surface area contributed by atoms with E-state index in [1.807, 2.05) is 20.8 Å². The fraction of sp³-hybridized carbons (Fsp3) is 0.450. The molecule has 3 rings (SSSR count). The first-order valence-corrected chi connectivity index (χ1v) is 9.63. The first-order valence-electron chi connectivity index (χ1n) is 8.75. The van der Waals surface area contributed by atoms with E-state index in [2.05, 4.69) is 6.58 Å². The van der Waals surface area contributed by atoms with Crippen LogP contribution in [0.25, 0.3) is 0 Å². The number of hydrogen-bond donors (Lipinski definition) is 1. The third kappa shape index (κ3) is 3.30. The monoisotopic (exact) mass is 389 g/mol. The molecule has 7 heteroatoms. The van der Waals surface area contributed by atoms with Crippen LogP contribution >= 0.6 is 11.8 Å². The van der Waals surface area contributed by atoms with Crippen molar-refractivity contribution in [3.63, 3.8) is 0 Å². The number of aliphatic hydroxyl groups is 1. The molecule has 27 heavy (non-hydrogen) atoms. The molecule has 4 atom stereocenters. The smallest absolute Gasteiger partial charge is 0.330 e. The Kier molecular flexibility index (Phi) is 5.18. The van der Waals surface area contributed by atoms with Crippen molar-refractivity contribution in [2.75, 3.05) is 6.61 Å². The Morgan fingerprint density at radius 3 is 2.59 bits per heavy atom. The Hall–Kier alpha value is -2.12. The number of Topliss-reactive ketones (excluding diaryl/α,β-unsaturated/α-hetero) is 1. The second-order valence-electron chi connectivity index (χ2n) is 7.38. The Morgan fingerprint density at radius 1 is 1.37 bits per heavy atom. The molecule has 2 aliphatic rings. The lowest BCUT2D eigenvalue weighted by Crippen LogP contribution is -2.66. The molecule has 0 aromatic heterocycles. The van der Waals surface area contributed by atoms with Crippen molar-refractivity contribution in [2.45, 2.75) is 43.0 Å². The number of fused-ring (bicyclic) bond motifs is 1. The molecule has 1 aromatic rings. The van der Waals surface area contributed by atoms with Gasteiger partial charge in [-0.05, 0) is 20.8 Å². The summed E-state index contributed by atoms with van der Waals surface area (Å²) in [6, 6.07) is 6.10. The molecule has 1 amide bonds. The summed E-state index contributed by atoms with van der Waals surface area (Å²) in [6.45, 7) is 9.20. The van der Waals surface area contributed by atoms with Gasteiger partial charge in [0.1, 0.15) is 24.7 Å². The highest BCUT2D eigenvalue weighted by molar-refractivity contribution is 8.01. The summed E-state index contributed by atoms with van der Waals surface area (Å²) >= 11 is 1.41. The molecule has 2 heterocycles. The van der Waals surface area contributed by atoms with E-state index in [1.165, 1.54) is 22.7 Å². The van der Waals surface area contributed by atoms with Crippen LogP contribution in [0.5, 0.6) is 0 Å². The number of carbonyl (C=O) groups excluding carboxylic acids is 3. The number of aryl methyl sites for hydroxylation is 1. The quantitative estimate of drug-likeness (QED) is 0.347. The molecule has 0 spiro atoms. The van der Waals surface area contributed by atoms with E-state index in [1.54, 1.807) is 24.3 Å². The van der Waals surface area contributed by atoms with Gasteiger partial charge in [0.2, 0.25) is 5.91 Å². The summed E-state index contributed by atoms with van der Waals surface area (Å²) in [5, 5.41) is 10.1. The second-order valence-corrected chi connectivity index (χ2v) is 9.15. The van der Waals surface area contributed by atoms with Gasteiger partial charge in [0, 0.05) is 10.3 Å². The molecule has 0 aliphatic carbocycles. The molecular weight excluding hydrogens is 366 g/mol. The van der Waals surface area contributed by atoms with E-state index in [0.29, 0.717) is 5.56 Å². The molecule has 0 saturated carbocycles. The number of esters is 1. The van der Waals surface area contributed by atoms with E-state index in [-0.39, 0.29) is 6.61 Å². The fourth-order valence-electron chi connectivity index (χ4n) is 3.59. The predicted molar refractivity (Wildman–Crippen MR) is 102 cm³/mol. The van der Waals surface area contributed by atoms with Crippen molar-refractivity contribution < 1.29 is 24.2 Å². The van der Waals surface area contributed by atoms with Crippen molar-refractivity contribution in [3.05, 3.63) is 48.0 Å². The average molecular weight is 389 g/mol. The van der Waals surface area contributed by atoms with Crippen LogP contribution in [-0.4, -0.2) is 56.5 Å². The third-order valence-corrected chi connectivity index (χ3v) is 6.59. The lowest BCUT2D eigenvalue weighted by atomic mass is 9.85. The number of carbonyl (C=O) groups is 3. The Bertz CT molecular complexity index is 788. The molecule has 144 valence electrons. The number of rotatable bonds is 6. The number of aliphatic hydroxyl groups excluding tert-OH is 1. The van der Waals surface area contributed by atoms with Crippen LogP contribution in [0.4, 0.5) is 0 Å². The van der Waals surface area contributed by atoms with Gasteiger partial charge in [0.15, 0.2) is 5.78 Å². The van der Waals surface area contributed by atoms with Crippen molar-refractivity contribution in [1.82, 2.24) is 4.90 Å². The van der Waals surface area contributed by atoms with Gasteiger partial charge in [0.25, 0.3) is 0 Å². The van der Waals surface area contributed by atoms with Crippen LogP contribution in [0.1, 0.15) is 29.8 Å². The maximum absolute atomic E-state index is 12.7. The molecule has 0 bridgehead atoms. The Morgan fingerprint density at radius 2 is 2.00 bits per heavy atom. The maximum Gasteiger partial charge on any atom is 0.330 e. The van der Waals surface area contributed by atoms with Crippen molar-refractivity contribution in [2.24, 2.45) is 5.92 Å². The standard InChI is InChI=1S/C20H23NO5S/c1-5-10-26-19(25)16-20(3,4)27-18-13(17(24)21(16)18)15(23)14(22)12-8-6-11(2)7-9-12/h5-9,13,15-16,18,23H,1,10H2,2-4H3/t13-,15+,16+,18-/m1/s1. The van der Waals surface area contributed by atoms with Crippen molar-refractivity contribution >= 4 is 29.4 Å². The average Bonchev–Trinajstić information content (AvgIpc) is 2.87. The summed E-state index contributed by atoms with van der Waals surface area (Å²) in [4.78, 5) is 39.2. The van der Waals surface area contributed by atoms with Crippen LogP contribution in [0.15, 0.2) is 36.9 Å². The first kappa shape index (κ1) is 19.6. The summed E-state index contributed by atoms with van der Waals surface area (Å²) in [5.74, 6) is -2.24. The van der Waals surface area contributed by atoms with E-state index >= 15 is 0 Å². The molecule has 2 fully saturated rings. The number of thioether (sulfide) groups is 1. The molecule has 0 unspecified atom stereocenters. The van der Waals surface area contributed by atoms with Gasteiger partial charge in [-0.25, -0.2) is 4.79 Å². The van der Waals surface area contributed by atoms with E-state index < -0.39 is 45.8 Å². The Balaban J connectivity index is 1.78. The second kappa shape index (κ2) is 7.13. The lowest BCUT2D eigenvalue weighted by Gasteiger charge is -2.45. The minimum absolute atomic E-state index is 0.0702. The minimum Gasteiger partial charge on any atom is -0.460 e. The van der Waals surface area contributed by atoms with Gasteiger partial charge in [-0.2, -0.15) is 0 Å². The molecule has 2 aliphatic heterocycles. The van der Waals surface area contributed by atoms with Crippen LogP contribution in [0.3, 0.4) is 0 Å². The number of ether oxygens (including phenoxy) is 1. The molecule has 1 N–H and O–H groups in total. The maximum atomic E-state index is 12.7. The highest BCUT2D eigenvalue weighted by Gasteiger charge is 2.66. The first-order chi connectivity index (χ1) is 12.7. The van der Waals surface area contributed by atoms with Crippen LogP contribution in [0, 0.1) is 12.8 Å². The minimum atomic E-state index is -1.44. The van der Waals surface area contributed by atoms with Crippen LogP contribution in [-0.2, 0) is 14.3 Å². The van der Waals surface area contributed by atoms with Gasteiger partial charge in [-0.15, -0.1) is 11.8 Å². The molecule has 2 saturated heterocycles. The summed E-state index contributed by atoms with van der Waals surface area (Å²) < 4.78 is 4.56. The predicted octanol–water partition coefficient (Wildman–Crippen LogP) is 1.95. The molecular formula is C20H23NO5S. The largest absolute Gasteiger partial charge is 0.460 e. The lowest BCUT2D eigenvalue weighted by molar-refractivity contribution is -0.169. The van der Waals surface area contributed by atoms with Gasteiger partial charge in [-0.1, -0.05) is 42.5 Å². The van der Waals surface area contributed by atoms with Gasteiger partial charge >= 0.3 is 5.97 Å².